The minimum Gasteiger partial charge on any atom is -0.367 e. The number of halogens is 1. The fraction of sp³-hybridized carbons (Fsp3) is 0. The topological polar surface area (TPSA) is 52.0 Å². The summed E-state index contributed by atoms with van der Waals surface area (Å²) in [5, 5.41) is 6.64. The van der Waals surface area contributed by atoms with Crippen LogP contribution in [0, 0.1) is 0 Å². The smallest absolute Gasteiger partial charge is 0.230 e. The van der Waals surface area contributed by atoms with Crippen LogP contribution in [-0.2, 0) is 0 Å². The number of hydrogen-bond donors (Lipinski definition) is 1. The number of nitrogen functional groups attached to an aromatic ring is 1. The standard InChI is InChI=1S/C13H9ClN2OS/c14-9-5-2-1-4-8(9)11-12(16-17-13(11)15)10-6-3-7-18-10/h1-7H,15H2. The van der Waals surface area contributed by atoms with E-state index in [9.17, 15) is 0 Å². The fourth-order valence-corrected chi connectivity index (χ4v) is 2.75. The maximum absolute atomic E-state index is 6.20. The van der Waals surface area contributed by atoms with Gasteiger partial charge in [-0.2, -0.15) is 0 Å². The molecule has 0 saturated heterocycles. The van der Waals surface area contributed by atoms with Gasteiger partial charge < -0.3 is 10.3 Å². The van der Waals surface area contributed by atoms with Crippen molar-refractivity contribution in [1.82, 2.24) is 5.16 Å². The summed E-state index contributed by atoms with van der Waals surface area (Å²) in [6, 6.07) is 11.4. The Hall–Kier alpha value is -1.78. The summed E-state index contributed by atoms with van der Waals surface area (Å²) in [6.45, 7) is 0. The second kappa shape index (κ2) is 4.48. The van der Waals surface area contributed by atoms with Crippen LogP contribution in [-0.4, -0.2) is 5.16 Å². The molecule has 0 radical (unpaired) electrons. The lowest BCUT2D eigenvalue weighted by Gasteiger charge is -2.03. The van der Waals surface area contributed by atoms with E-state index in [-0.39, 0.29) is 5.88 Å². The van der Waals surface area contributed by atoms with E-state index in [1.165, 1.54) is 0 Å². The number of rotatable bonds is 2. The van der Waals surface area contributed by atoms with Crippen molar-refractivity contribution in [2.24, 2.45) is 0 Å². The molecule has 0 saturated carbocycles. The molecule has 0 fully saturated rings. The molecule has 1 aromatic carbocycles. The van der Waals surface area contributed by atoms with Gasteiger partial charge in [-0.15, -0.1) is 11.3 Å². The van der Waals surface area contributed by atoms with Crippen molar-refractivity contribution in [1.29, 1.82) is 0 Å². The summed E-state index contributed by atoms with van der Waals surface area (Å²) in [6.07, 6.45) is 0. The molecule has 2 N–H and O–H groups in total. The molecule has 18 heavy (non-hydrogen) atoms. The van der Waals surface area contributed by atoms with Crippen LogP contribution < -0.4 is 5.73 Å². The van der Waals surface area contributed by atoms with Crippen LogP contribution in [0.4, 0.5) is 5.88 Å². The first-order chi connectivity index (χ1) is 8.77. The first-order valence-electron chi connectivity index (χ1n) is 5.31. The van der Waals surface area contributed by atoms with E-state index in [0.29, 0.717) is 5.02 Å². The molecule has 90 valence electrons. The van der Waals surface area contributed by atoms with Crippen LogP contribution >= 0.6 is 22.9 Å². The molecule has 0 atom stereocenters. The van der Waals surface area contributed by atoms with E-state index < -0.39 is 0 Å². The Morgan fingerprint density at radius 2 is 2.00 bits per heavy atom. The largest absolute Gasteiger partial charge is 0.367 e. The Morgan fingerprint density at radius 3 is 2.72 bits per heavy atom. The molecule has 3 nitrogen and oxygen atoms in total. The second-order valence-electron chi connectivity index (χ2n) is 3.73. The number of anilines is 1. The predicted octanol–water partition coefficient (Wildman–Crippen LogP) is 4.31. The van der Waals surface area contributed by atoms with Gasteiger partial charge in [0, 0.05) is 10.6 Å². The van der Waals surface area contributed by atoms with Crippen molar-refractivity contribution < 1.29 is 4.52 Å². The number of nitrogens with zero attached hydrogens (tertiary/aromatic N) is 1. The van der Waals surface area contributed by atoms with Gasteiger partial charge >= 0.3 is 0 Å². The van der Waals surface area contributed by atoms with Crippen LogP contribution in [0.2, 0.25) is 5.02 Å². The monoisotopic (exact) mass is 276 g/mol. The average Bonchev–Trinajstić information content (AvgIpc) is 2.99. The number of hydrogen-bond acceptors (Lipinski definition) is 4. The van der Waals surface area contributed by atoms with Gasteiger partial charge in [-0.25, -0.2) is 0 Å². The summed E-state index contributed by atoms with van der Waals surface area (Å²) in [5.74, 6) is 0.284. The van der Waals surface area contributed by atoms with Crippen LogP contribution in [0.5, 0.6) is 0 Å². The quantitative estimate of drug-likeness (QED) is 0.759. The van der Waals surface area contributed by atoms with E-state index in [0.717, 1.165) is 21.7 Å². The minimum absolute atomic E-state index is 0.284. The Bertz CT molecular complexity index is 676. The van der Waals surface area contributed by atoms with Gasteiger partial charge in [0.2, 0.25) is 5.88 Å². The fourth-order valence-electron chi connectivity index (χ4n) is 1.81. The predicted molar refractivity (Wildman–Crippen MR) is 74.7 cm³/mol. The average molecular weight is 277 g/mol. The highest BCUT2D eigenvalue weighted by molar-refractivity contribution is 7.13. The normalized spacial score (nSPS) is 10.7. The molecule has 0 aliphatic rings. The molecule has 3 rings (SSSR count). The zero-order chi connectivity index (χ0) is 12.5. The van der Waals surface area contributed by atoms with E-state index in [2.05, 4.69) is 5.16 Å². The lowest BCUT2D eigenvalue weighted by atomic mass is 10.0. The summed E-state index contributed by atoms with van der Waals surface area (Å²) in [4.78, 5) is 1.00. The van der Waals surface area contributed by atoms with Gasteiger partial charge in [-0.05, 0) is 17.5 Å². The molecule has 0 amide bonds. The maximum Gasteiger partial charge on any atom is 0.230 e. The van der Waals surface area contributed by atoms with Gasteiger partial charge in [0.05, 0.1) is 10.4 Å². The van der Waals surface area contributed by atoms with Crippen LogP contribution in [0.15, 0.2) is 46.3 Å². The van der Waals surface area contributed by atoms with Crippen molar-refractivity contribution in [2.75, 3.05) is 5.73 Å². The Morgan fingerprint density at radius 1 is 1.17 bits per heavy atom. The highest BCUT2D eigenvalue weighted by Gasteiger charge is 2.19. The van der Waals surface area contributed by atoms with E-state index in [4.69, 9.17) is 21.9 Å². The molecule has 0 aliphatic heterocycles. The number of nitrogens with two attached hydrogens (primary N) is 1. The summed E-state index contributed by atoms with van der Waals surface area (Å²) in [5.41, 5.74) is 8.18. The SMILES string of the molecule is Nc1onc(-c2cccs2)c1-c1ccccc1Cl. The number of thiophene rings is 1. The molecule has 2 heterocycles. The molecule has 3 aromatic rings. The zero-order valence-electron chi connectivity index (χ0n) is 9.26. The highest BCUT2D eigenvalue weighted by Crippen LogP contribution is 2.40. The van der Waals surface area contributed by atoms with Crippen LogP contribution in [0.1, 0.15) is 0 Å². The Balaban J connectivity index is 2.24. The van der Waals surface area contributed by atoms with Crippen molar-refractivity contribution in [3.8, 4) is 21.7 Å². The molecule has 0 unspecified atom stereocenters. The molecular weight excluding hydrogens is 268 g/mol. The third kappa shape index (κ3) is 1.79. The van der Waals surface area contributed by atoms with Crippen LogP contribution in [0.3, 0.4) is 0 Å². The van der Waals surface area contributed by atoms with Crippen LogP contribution in [0.25, 0.3) is 21.7 Å². The molecule has 2 aromatic heterocycles. The van der Waals surface area contributed by atoms with Gasteiger partial charge in [0.25, 0.3) is 0 Å². The van der Waals surface area contributed by atoms with E-state index >= 15 is 0 Å². The number of benzene rings is 1. The van der Waals surface area contributed by atoms with Crippen molar-refractivity contribution in [3.05, 3.63) is 46.8 Å². The first-order valence-corrected chi connectivity index (χ1v) is 6.57. The second-order valence-corrected chi connectivity index (χ2v) is 5.08. The van der Waals surface area contributed by atoms with Crippen molar-refractivity contribution in [3.63, 3.8) is 0 Å². The highest BCUT2D eigenvalue weighted by atomic mass is 35.5. The van der Waals surface area contributed by atoms with E-state index in [1.807, 2.05) is 41.8 Å². The third-order valence-electron chi connectivity index (χ3n) is 2.62. The molecule has 0 spiro atoms. The van der Waals surface area contributed by atoms with Gasteiger partial charge in [-0.1, -0.05) is 41.0 Å². The molecule has 0 bridgehead atoms. The van der Waals surface area contributed by atoms with Gasteiger partial charge in [-0.3, -0.25) is 0 Å². The lowest BCUT2D eigenvalue weighted by Crippen LogP contribution is -1.87. The Labute approximate surface area is 113 Å². The Kier molecular flexibility index (Phi) is 2.81. The van der Waals surface area contributed by atoms with Gasteiger partial charge in [0.1, 0.15) is 5.69 Å². The zero-order valence-corrected chi connectivity index (χ0v) is 10.8. The summed E-state index contributed by atoms with van der Waals surface area (Å²) in [7, 11) is 0. The number of aromatic nitrogens is 1. The molecular formula is C13H9ClN2OS. The lowest BCUT2D eigenvalue weighted by molar-refractivity contribution is 0.439. The minimum atomic E-state index is 0.284. The first kappa shape index (κ1) is 11.3. The summed E-state index contributed by atoms with van der Waals surface area (Å²) < 4.78 is 5.10. The van der Waals surface area contributed by atoms with Gasteiger partial charge in [0.15, 0.2) is 0 Å². The maximum atomic E-state index is 6.20. The summed E-state index contributed by atoms with van der Waals surface area (Å²) >= 11 is 7.78. The van der Waals surface area contributed by atoms with Crippen molar-refractivity contribution >= 4 is 28.8 Å². The molecule has 0 aliphatic carbocycles. The third-order valence-corrected chi connectivity index (χ3v) is 3.82. The van der Waals surface area contributed by atoms with Crippen molar-refractivity contribution in [2.45, 2.75) is 0 Å². The van der Waals surface area contributed by atoms with E-state index in [1.54, 1.807) is 11.3 Å². The molecule has 5 heteroatoms.